The Kier molecular flexibility index (Phi) is 9.75. The minimum absolute atomic E-state index is 0.163. The van der Waals surface area contributed by atoms with Crippen LogP contribution in [0.2, 0.25) is 0 Å². The molecule has 2 heteroatoms. The van der Waals surface area contributed by atoms with E-state index in [1.54, 1.807) is 0 Å². The van der Waals surface area contributed by atoms with Crippen LogP contribution in [0.25, 0.3) is 6.08 Å². The molecular weight excluding hydrogens is 342 g/mol. The highest BCUT2D eigenvalue weighted by molar-refractivity contribution is 5.61. The molecule has 0 radical (unpaired) electrons. The van der Waals surface area contributed by atoms with Crippen molar-refractivity contribution in [2.45, 2.75) is 66.4 Å². The van der Waals surface area contributed by atoms with Crippen LogP contribution >= 0.6 is 0 Å². The molecule has 1 N–H and O–H groups in total. The van der Waals surface area contributed by atoms with E-state index in [2.05, 4.69) is 77.4 Å². The van der Waals surface area contributed by atoms with E-state index in [4.69, 9.17) is 4.74 Å². The molecule has 0 bridgehead atoms. The first-order valence-electron chi connectivity index (χ1n) is 10.5. The van der Waals surface area contributed by atoms with Gasteiger partial charge in [-0.05, 0) is 78.3 Å². The van der Waals surface area contributed by atoms with Gasteiger partial charge in [0.25, 0.3) is 0 Å². The number of methoxy groups -OCH3 is 1. The molecule has 0 heterocycles. The summed E-state index contributed by atoms with van der Waals surface area (Å²) in [6.45, 7) is 19.2. The smallest absolute Gasteiger partial charge is 0.0619 e. The summed E-state index contributed by atoms with van der Waals surface area (Å²) in [6, 6.07) is 4.53. The van der Waals surface area contributed by atoms with Crippen LogP contribution in [0.1, 0.15) is 62.8 Å². The number of benzene rings is 1. The van der Waals surface area contributed by atoms with E-state index in [0.29, 0.717) is 5.92 Å². The molecule has 1 rings (SSSR count). The molecular formula is C26H41NO. The number of nitrogens with one attached hydrogen (secondary N) is 1. The standard InChI is InChI=1S/C26H41NO/c1-10-20(13-16-25(28-9)26(5,6)7)17-21-14-15-22(18-23(11-2)27-8)24(12-3)19(21)4/h10-11,14-15,18,20,25,27H,1-2,12-13,16-17H2,3-9H3/b23-18+. The highest BCUT2D eigenvalue weighted by Gasteiger charge is 2.25. The molecule has 0 aliphatic rings. The summed E-state index contributed by atoms with van der Waals surface area (Å²) in [5, 5.41) is 3.19. The molecule has 0 aromatic heterocycles. The van der Waals surface area contributed by atoms with Gasteiger partial charge in [-0.3, -0.25) is 0 Å². The second kappa shape index (κ2) is 11.3. The molecule has 156 valence electrons. The first-order valence-corrected chi connectivity index (χ1v) is 10.5. The number of allylic oxidation sites excluding steroid dienone is 2. The number of likely N-dealkylation sites (N-methyl/N-ethyl adjacent to an activating group) is 1. The van der Waals surface area contributed by atoms with Crippen molar-refractivity contribution in [3.63, 3.8) is 0 Å². The molecule has 2 nitrogen and oxygen atoms in total. The van der Waals surface area contributed by atoms with Crippen molar-refractivity contribution >= 4 is 6.08 Å². The van der Waals surface area contributed by atoms with Gasteiger partial charge in [0.1, 0.15) is 0 Å². The van der Waals surface area contributed by atoms with Crippen LogP contribution in [-0.2, 0) is 17.6 Å². The van der Waals surface area contributed by atoms with Gasteiger partial charge in [-0.15, -0.1) is 6.58 Å². The predicted octanol–water partition coefficient (Wildman–Crippen LogP) is 6.49. The number of rotatable bonds is 11. The Hall–Kier alpha value is -1.80. The lowest BCUT2D eigenvalue weighted by atomic mass is 9.82. The summed E-state index contributed by atoms with van der Waals surface area (Å²) >= 11 is 0. The quantitative estimate of drug-likeness (QED) is 0.348. The Morgan fingerprint density at radius 1 is 1.21 bits per heavy atom. The number of hydrogen-bond acceptors (Lipinski definition) is 2. The van der Waals surface area contributed by atoms with E-state index in [0.717, 1.165) is 31.4 Å². The van der Waals surface area contributed by atoms with Gasteiger partial charge in [0.15, 0.2) is 0 Å². The van der Waals surface area contributed by atoms with Crippen molar-refractivity contribution in [3.8, 4) is 0 Å². The number of ether oxygens (including phenoxy) is 1. The molecule has 2 unspecified atom stereocenters. The average Bonchev–Trinajstić information content (AvgIpc) is 2.66. The van der Waals surface area contributed by atoms with E-state index < -0.39 is 0 Å². The first kappa shape index (κ1) is 24.2. The molecule has 0 fully saturated rings. The number of hydrogen-bond donors (Lipinski definition) is 1. The SMILES string of the molecule is C=C/C(=C\c1ccc(CC(C=C)CCC(OC)C(C)(C)C)c(C)c1CC)NC. The highest BCUT2D eigenvalue weighted by Crippen LogP contribution is 2.29. The second-order valence-electron chi connectivity index (χ2n) is 8.69. The van der Waals surface area contributed by atoms with Crippen LogP contribution in [0, 0.1) is 18.3 Å². The summed E-state index contributed by atoms with van der Waals surface area (Å²) in [7, 11) is 3.76. The third-order valence-electron chi connectivity index (χ3n) is 5.79. The van der Waals surface area contributed by atoms with Gasteiger partial charge < -0.3 is 10.1 Å². The third-order valence-corrected chi connectivity index (χ3v) is 5.79. The summed E-state index contributed by atoms with van der Waals surface area (Å²) in [5.74, 6) is 0.464. The van der Waals surface area contributed by atoms with Crippen LogP contribution < -0.4 is 5.32 Å². The van der Waals surface area contributed by atoms with E-state index in [9.17, 15) is 0 Å². The van der Waals surface area contributed by atoms with Crippen LogP contribution in [0.3, 0.4) is 0 Å². The van der Waals surface area contributed by atoms with Crippen LogP contribution in [-0.4, -0.2) is 20.3 Å². The zero-order valence-corrected chi connectivity index (χ0v) is 19.2. The average molecular weight is 384 g/mol. The Bertz CT molecular complexity index is 678. The van der Waals surface area contributed by atoms with Gasteiger partial charge in [-0.1, -0.05) is 52.5 Å². The predicted molar refractivity (Wildman–Crippen MR) is 125 cm³/mol. The Balaban J connectivity index is 3.02. The van der Waals surface area contributed by atoms with E-state index in [1.165, 1.54) is 22.3 Å². The Morgan fingerprint density at radius 3 is 2.36 bits per heavy atom. The fraction of sp³-hybridized carbons (Fsp3) is 0.538. The summed E-state index contributed by atoms with van der Waals surface area (Å²) in [5.41, 5.74) is 6.72. The van der Waals surface area contributed by atoms with E-state index in [1.807, 2.05) is 20.2 Å². The van der Waals surface area contributed by atoms with Gasteiger partial charge in [0, 0.05) is 19.9 Å². The van der Waals surface area contributed by atoms with Gasteiger partial charge in [-0.25, -0.2) is 0 Å². The van der Waals surface area contributed by atoms with Crippen molar-refractivity contribution in [2.24, 2.45) is 11.3 Å². The summed E-state index contributed by atoms with van der Waals surface area (Å²) in [4.78, 5) is 0. The van der Waals surface area contributed by atoms with Crippen LogP contribution in [0.5, 0.6) is 0 Å². The van der Waals surface area contributed by atoms with Gasteiger partial charge in [-0.2, -0.15) is 0 Å². The van der Waals surface area contributed by atoms with Crippen LogP contribution in [0.15, 0.2) is 43.1 Å². The molecule has 0 aliphatic carbocycles. The normalized spacial score (nSPS) is 14.5. The summed E-state index contributed by atoms with van der Waals surface area (Å²) < 4.78 is 5.74. The lowest BCUT2D eigenvalue weighted by molar-refractivity contribution is 0.00753. The second-order valence-corrected chi connectivity index (χ2v) is 8.69. The zero-order valence-electron chi connectivity index (χ0n) is 19.2. The lowest BCUT2D eigenvalue weighted by Crippen LogP contribution is -2.28. The van der Waals surface area contributed by atoms with Gasteiger partial charge >= 0.3 is 0 Å². The minimum atomic E-state index is 0.163. The zero-order chi connectivity index (χ0) is 21.3. The largest absolute Gasteiger partial charge is 0.388 e. The van der Waals surface area contributed by atoms with Crippen molar-refractivity contribution in [1.29, 1.82) is 0 Å². The Morgan fingerprint density at radius 2 is 1.89 bits per heavy atom. The molecule has 0 amide bonds. The minimum Gasteiger partial charge on any atom is -0.388 e. The van der Waals surface area contributed by atoms with Crippen molar-refractivity contribution in [2.75, 3.05) is 14.2 Å². The molecule has 0 saturated carbocycles. The fourth-order valence-corrected chi connectivity index (χ4v) is 3.91. The van der Waals surface area contributed by atoms with Crippen molar-refractivity contribution < 1.29 is 4.74 Å². The molecule has 2 atom stereocenters. The lowest BCUT2D eigenvalue weighted by Gasteiger charge is -2.30. The van der Waals surface area contributed by atoms with Gasteiger partial charge in [0.05, 0.1) is 6.10 Å². The van der Waals surface area contributed by atoms with E-state index in [-0.39, 0.29) is 11.5 Å². The maximum absolute atomic E-state index is 5.74. The van der Waals surface area contributed by atoms with Crippen molar-refractivity contribution in [3.05, 3.63) is 65.4 Å². The molecule has 0 saturated heterocycles. The molecule has 1 aromatic rings. The Labute approximate surface area is 173 Å². The van der Waals surface area contributed by atoms with E-state index >= 15 is 0 Å². The topological polar surface area (TPSA) is 21.3 Å². The van der Waals surface area contributed by atoms with Crippen LogP contribution in [0.4, 0.5) is 0 Å². The third kappa shape index (κ3) is 6.67. The molecule has 0 spiro atoms. The summed E-state index contributed by atoms with van der Waals surface area (Å²) in [6.07, 6.45) is 10.6. The monoisotopic (exact) mass is 383 g/mol. The van der Waals surface area contributed by atoms with Gasteiger partial charge in [0.2, 0.25) is 0 Å². The molecule has 1 aromatic carbocycles. The first-order chi connectivity index (χ1) is 13.2. The fourth-order valence-electron chi connectivity index (χ4n) is 3.91. The maximum atomic E-state index is 5.74. The highest BCUT2D eigenvalue weighted by atomic mass is 16.5. The molecule has 0 aliphatic heterocycles. The van der Waals surface area contributed by atoms with Crippen molar-refractivity contribution in [1.82, 2.24) is 5.32 Å². The molecule has 28 heavy (non-hydrogen) atoms. The maximum Gasteiger partial charge on any atom is 0.0619 e.